The molecule has 10 nitrogen and oxygen atoms in total. The number of carboxylic acid groups (broad SMARTS) is 2. The van der Waals surface area contributed by atoms with Crippen molar-refractivity contribution in [2.24, 2.45) is 0 Å². The van der Waals surface area contributed by atoms with E-state index in [4.69, 9.17) is 41.4 Å². The predicted molar refractivity (Wildman–Crippen MR) is 111 cm³/mol. The van der Waals surface area contributed by atoms with Gasteiger partial charge in [-0.25, -0.2) is 9.59 Å². The molecule has 10 heteroatoms. The van der Waals surface area contributed by atoms with E-state index in [1.165, 1.54) is 24.3 Å². The summed E-state index contributed by atoms with van der Waals surface area (Å²) >= 11 is 0. The third-order valence-electron chi connectivity index (χ3n) is 3.16. The quantitative estimate of drug-likeness (QED) is 0.250. The molecule has 0 aliphatic carbocycles. The summed E-state index contributed by atoms with van der Waals surface area (Å²) in [6.45, 7) is 1.73. The van der Waals surface area contributed by atoms with E-state index in [1.54, 1.807) is 24.3 Å². The van der Waals surface area contributed by atoms with Crippen molar-refractivity contribution in [1.29, 1.82) is 0 Å². The Kier molecular flexibility index (Phi) is 15.0. The number of benzene rings is 2. The van der Waals surface area contributed by atoms with E-state index < -0.39 is 11.9 Å². The monoisotopic (exact) mass is 424 g/mol. The first-order chi connectivity index (χ1) is 14.3. The summed E-state index contributed by atoms with van der Waals surface area (Å²) in [6, 6.07) is 12.1. The molecule has 0 aliphatic heterocycles. The number of carboxylic acids is 2. The van der Waals surface area contributed by atoms with E-state index >= 15 is 0 Å². The molecule has 0 atom stereocenters. The number of anilines is 2. The van der Waals surface area contributed by atoms with Gasteiger partial charge in [0.05, 0.1) is 50.8 Å². The van der Waals surface area contributed by atoms with Gasteiger partial charge in [0.1, 0.15) is 0 Å². The number of hydrogen-bond donors (Lipinski definition) is 6. The normalized spacial score (nSPS) is 9.53. The molecule has 30 heavy (non-hydrogen) atoms. The van der Waals surface area contributed by atoms with Crippen molar-refractivity contribution in [2.75, 3.05) is 51.1 Å². The highest BCUT2D eigenvalue weighted by Crippen LogP contribution is 2.05. The molecule has 2 aromatic rings. The van der Waals surface area contributed by atoms with Crippen molar-refractivity contribution < 1.29 is 39.5 Å². The second-order valence-corrected chi connectivity index (χ2v) is 5.53. The van der Waals surface area contributed by atoms with E-state index in [0.29, 0.717) is 37.8 Å². The third-order valence-corrected chi connectivity index (χ3v) is 3.16. The minimum Gasteiger partial charge on any atom is -0.478 e. The molecule has 0 aromatic heterocycles. The molecule has 166 valence electrons. The molecule has 0 spiro atoms. The number of aliphatic hydroxyl groups is 2. The molecule has 0 aliphatic rings. The van der Waals surface area contributed by atoms with Crippen molar-refractivity contribution in [3.8, 4) is 0 Å². The van der Waals surface area contributed by atoms with Crippen LogP contribution in [0.1, 0.15) is 20.7 Å². The molecule has 0 bridgehead atoms. The summed E-state index contributed by atoms with van der Waals surface area (Å²) in [5.41, 5.74) is 12.3. The van der Waals surface area contributed by atoms with Crippen molar-refractivity contribution >= 4 is 23.3 Å². The highest BCUT2D eigenvalue weighted by Gasteiger charge is 1.99. The third kappa shape index (κ3) is 13.9. The molecule has 0 saturated heterocycles. The molecule has 0 amide bonds. The molecule has 2 rings (SSSR count). The van der Waals surface area contributed by atoms with Crippen molar-refractivity contribution in [3.63, 3.8) is 0 Å². The first-order valence-electron chi connectivity index (χ1n) is 8.86. The Morgan fingerprint density at radius 1 is 0.633 bits per heavy atom. The van der Waals surface area contributed by atoms with Gasteiger partial charge in [-0.3, -0.25) is 0 Å². The lowest BCUT2D eigenvalue weighted by Crippen LogP contribution is -2.09. The fourth-order valence-electron chi connectivity index (χ4n) is 1.70. The maximum absolute atomic E-state index is 10.3. The highest BCUT2D eigenvalue weighted by molar-refractivity contribution is 5.88. The highest BCUT2D eigenvalue weighted by atomic mass is 16.5. The standard InChI is InChI=1S/2C7H7NO2.C6H14O4/c2*8-6-3-1-5(2-4-6)7(9)10;7-1-3-9-5-6-10-4-2-8/h2*1-4H,8H2,(H,9,10);7-8H,1-6H2. The van der Waals surface area contributed by atoms with Gasteiger partial charge in [-0.1, -0.05) is 0 Å². The number of aromatic carboxylic acids is 2. The molecule has 0 radical (unpaired) electrons. The fourth-order valence-corrected chi connectivity index (χ4v) is 1.70. The van der Waals surface area contributed by atoms with Gasteiger partial charge >= 0.3 is 11.9 Å². The van der Waals surface area contributed by atoms with E-state index in [2.05, 4.69) is 0 Å². The predicted octanol–water partition coefficient (Wildman–Crippen LogP) is 0.938. The maximum Gasteiger partial charge on any atom is 0.335 e. The van der Waals surface area contributed by atoms with Crippen LogP contribution in [-0.2, 0) is 9.47 Å². The van der Waals surface area contributed by atoms with Crippen LogP contribution in [0.25, 0.3) is 0 Å². The first kappa shape index (κ1) is 26.8. The van der Waals surface area contributed by atoms with Crippen LogP contribution in [0.4, 0.5) is 11.4 Å². The van der Waals surface area contributed by atoms with Crippen LogP contribution in [0.5, 0.6) is 0 Å². The van der Waals surface area contributed by atoms with Crippen LogP contribution in [0.2, 0.25) is 0 Å². The zero-order valence-corrected chi connectivity index (χ0v) is 16.4. The van der Waals surface area contributed by atoms with Crippen LogP contribution >= 0.6 is 0 Å². The summed E-state index contributed by atoms with van der Waals surface area (Å²) in [5, 5.41) is 33.4. The first-order valence-corrected chi connectivity index (χ1v) is 8.86. The minimum absolute atomic E-state index is 0.0417. The van der Waals surface area contributed by atoms with Gasteiger partial charge in [-0.15, -0.1) is 0 Å². The Hall–Kier alpha value is -3.18. The zero-order valence-electron chi connectivity index (χ0n) is 16.4. The molecular formula is C20H28N2O8. The van der Waals surface area contributed by atoms with E-state index in [9.17, 15) is 9.59 Å². The number of hydrogen-bond acceptors (Lipinski definition) is 8. The van der Waals surface area contributed by atoms with Crippen molar-refractivity contribution in [2.45, 2.75) is 0 Å². The average molecular weight is 424 g/mol. The lowest BCUT2D eigenvalue weighted by molar-refractivity contribution is 0.0222. The van der Waals surface area contributed by atoms with Crippen molar-refractivity contribution in [1.82, 2.24) is 0 Å². The van der Waals surface area contributed by atoms with Crippen LogP contribution < -0.4 is 11.5 Å². The van der Waals surface area contributed by atoms with E-state index in [0.717, 1.165) is 0 Å². The Labute approximate surface area is 174 Å². The SMILES string of the molecule is Nc1ccc(C(=O)O)cc1.Nc1ccc(C(=O)O)cc1.OCCOCCOCCO. The van der Waals surface area contributed by atoms with Gasteiger partial charge < -0.3 is 41.4 Å². The van der Waals surface area contributed by atoms with E-state index in [-0.39, 0.29) is 24.3 Å². The van der Waals surface area contributed by atoms with Crippen LogP contribution in [0.15, 0.2) is 48.5 Å². The number of nitrogens with two attached hydrogens (primary N) is 2. The molecule has 2 aromatic carbocycles. The van der Waals surface area contributed by atoms with Gasteiger partial charge in [-0.05, 0) is 48.5 Å². The van der Waals surface area contributed by atoms with Crippen LogP contribution in [0, 0.1) is 0 Å². The smallest absolute Gasteiger partial charge is 0.335 e. The summed E-state index contributed by atoms with van der Waals surface area (Å²) in [6.07, 6.45) is 0. The molecular weight excluding hydrogens is 396 g/mol. The molecule has 0 saturated carbocycles. The van der Waals surface area contributed by atoms with Gasteiger partial charge in [0.25, 0.3) is 0 Å². The Morgan fingerprint density at radius 2 is 0.933 bits per heavy atom. The van der Waals surface area contributed by atoms with Gasteiger partial charge in [0, 0.05) is 11.4 Å². The number of rotatable bonds is 9. The van der Waals surface area contributed by atoms with Crippen LogP contribution in [-0.4, -0.2) is 72.0 Å². The van der Waals surface area contributed by atoms with Crippen molar-refractivity contribution in [3.05, 3.63) is 59.7 Å². The second-order valence-electron chi connectivity index (χ2n) is 5.53. The molecule has 0 unspecified atom stereocenters. The Bertz CT molecular complexity index is 657. The summed E-state index contributed by atoms with van der Waals surface area (Å²) in [7, 11) is 0. The lowest BCUT2D eigenvalue weighted by Gasteiger charge is -2.01. The zero-order chi connectivity index (χ0) is 22.8. The molecule has 0 heterocycles. The summed E-state index contributed by atoms with van der Waals surface area (Å²) in [4.78, 5) is 20.5. The van der Waals surface area contributed by atoms with E-state index in [1.807, 2.05) is 0 Å². The number of nitrogen functional groups attached to an aromatic ring is 2. The van der Waals surface area contributed by atoms with Gasteiger partial charge in [-0.2, -0.15) is 0 Å². The maximum atomic E-state index is 10.3. The molecule has 8 N–H and O–H groups in total. The second kappa shape index (κ2) is 16.7. The topological polar surface area (TPSA) is 186 Å². The Balaban J connectivity index is 0.000000420. The lowest BCUT2D eigenvalue weighted by atomic mass is 10.2. The average Bonchev–Trinajstić information content (AvgIpc) is 2.72. The molecule has 0 fully saturated rings. The minimum atomic E-state index is -0.931. The number of aliphatic hydroxyl groups excluding tert-OH is 2. The van der Waals surface area contributed by atoms with Crippen LogP contribution in [0.3, 0.4) is 0 Å². The van der Waals surface area contributed by atoms with Gasteiger partial charge in [0.15, 0.2) is 0 Å². The largest absolute Gasteiger partial charge is 0.478 e. The summed E-state index contributed by atoms with van der Waals surface area (Å²) in [5.74, 6) is -1.86. The number of carbonyl (C=O) groups is 2. The van der Waals surface area contributed by atoms with Gasteiger partial charge in [0.2, 0.25) is 0 Å². The number of ether oxygens (including phenoxy) is 2. The fraction of sp³-hybridized carbons (Fsp3) is 0.300. The summed E-state index contributed by atoms with van der Waals surface area (Å²) < 4.78 is 9.75. The Morgan fingerprint density at radius 3 is 1.17 bits per heavy atom.